The lowest BCUT2D eigenvalue weighted by molar-refractivity contribution is 0.130. The summed E-state index contributed by atoms with van der Waals surface area (Å²) in [6, 6.07) is 4.03. The maximum atomic E-state index is 6.12. The zero-order valence-corrected chi connectivity index (χ0v) is 21.1. The second kappa shape index (κ2) is 11.5. The number of nitrogens with one attached hydrogen (secondary N) is 2. The van der Waals surface area contributed by atoms with Crippen molar-refractivity contribution in [1.82, 2.24) is 25.4 Å². The van der Waals surface area contributed by atoms with Crippen LogP contribution in [0.1, 0.15) is 55.1 Å². The van der Waals surface area contributed by atoms with Crippen molar-refractivity contribution in [1.29, 1.82) is 0 Å². The van der Waals surface area contributed by atoms with E-state index in [-0.39, 0.29) is 24.0 Å². The van der Waals surface area contributed by atoms with Crippen molar-refractivity contribution >= 4 is 29.9 Å². The molecule has 0 amide bonds. The highest BCUT2D eigenvalue weighted by Gasteiger charge is 2.20. The molecule has 166 valence electrons. The van der Waals surface area contributed by atoms with Gasteiger partial charge in [0.15, 0.2) is 5.96 Å². The van der Waals surface area contributed by atoms with Crippen LogP contribution in [0, 0.1) is 19.8 Å². The topological polar surface area (TPSA) is 76.4 Å². The highest BCUT2D eigenvalue weighted by atomic mass is 127. The molecule has 3 rings (SSSR count). The molecule has 2 N–H and O–H groups in total. The van der Waals surface area contributed by atoms with E-state index >= 15 is 0 Å². The Morgan fingerprint density at radius 3 is 2.53 bits per heavy atom. The fourth-order valence-electron chi connectivity index (χ4n) is 3.79. The first-order valence-electron chi connectivity index (χ1n) is 10.5. The van der Waals surface area contributed by atoms with Crippen molar-refractivity contribution in [2.45, 2.75) is 65.6 Å². The molecule has 1 fully saturated rings. The molecule has 7 nitrogen and oxygen atoms in total. The average molecular weight is 526 g/mol. The van der Waals surface area contributed by atoms with Crippen LogP contribution in [0.5, 0.6) is 5.88 Å². The predicted molar refractivity (Wildman–Crippen MR) is 131 cm³/mol. The number of aryl methyl sites for hydroxylation is 2. The summed E-state index contributed by atoms with van der Waals surface area (Å²) in [4.78, 5) is 8.72. The van der Waals surface area contributed by atoms with Gasteiger partial charge in [-0.3, -0.25) is 9.67 Å². The third-order valence-electron chi connectivity index (χ3n) is 5.82. The van der Waals surface area contributed by atoms with Gasteiger partial charge in [0.2, 0.25) is 5.88 Å². The lowest BCUT2D eigenvalue weighted by Gasteiger charge is -2.26. The second-order valence-electron chi connectivity index (χ2n) is 8.05. The summed E-state index contributed by atoms with van der Waals surface area (Å²) >= 11 is 0. The lowest BCUT2D eigenvalue weighted by atomic mass is 9.89. The molecule has 0 bridgehead atoms. The van der Waals surface area contributed by atoms with Gasteiger partial charge in [-0.05, 0) is 57.1 Å². The number of nitrogens with zero attached hydrogens (tertiary/aromatic N) is 4. The Kier molecular flexibility index (Phi) is 9.38. The Hall–Kier alpha value is -1.84. The van der Waals surface area contributed by atoms with Crippen LogP contribution in [0.15, 0.2) is 23.3 Å². The molecule has 0 spiro atoms. The SMILES string of the molecule is CN=C(NCc1ccnc(OC2CCC(C)CC2)c1)NCc1c(C)nn(C)c1C.I. The van der Waals surface area contributed by atoms with Gasteiger partial charge in [0.05, 0.1) is 5.69 Å². The number of aliphatic imine (C=N–C) groups is 1. The van der Waals surface area contributed by atoms with Crippen molar-refractivity contribution < 1.29 is 4.74 Å². The van der Waals surface area contributed by atoms with E-state index in [0.29, 0.717) is 25.1 Å². The third-order valence-corrected chi connectivity index (χ3v) is 5.82. The van der Waals surface area contributed by atoms with Gasteiger partial charge in [-0.1, -0.05) is 6.92 Å². The summed E-state index contributed by atoms with van der Waals surface area (Å²) < 4.78 is 8.03. The van der Waals surface area contributed by atoms with E-state index in [1.807, 2.05) is 37.0 Å². The quantitative estimate of drug-likeness (QED) is 0.340. The summed E-state index contributed by atoms with van der Waals surface area (Å²) in [5, 5.41) is 11.2. The van der Waals surface area contributed by atoms with Crippen LogP contribution in [0.3, 0.4) is 0 Å². The van der Waals surface area contributed by atoms with E-state index in [4.69, 9.17) is 4.74 Å². The first-order valence-corrected chi connectivity index (χ1v) is 10.5. The number of halogens is 1. The van der Waals surface area contributed by atoms with E-state index < -0.39 is 0 Å². The number of rotatable bonds is 6. The van der Waals surface area contributed by atoms with Crippen LogP contribution >= 0.6 is 24.0 Å². The maximum Gasteiger partial charge on any atom is 0.213 e. The normalized spacial score (nSPS) is 19.2. The Bertz CT molecular complexity index is 842. The molecule has 0 aromatic carbocycles. The number of hydrogen-bond donors (Lipinski definition) is 2. The summed E-state index contributed by atoms with van der Waals surface area (Å²) in [7, 11) is 3.75. The largest absolute Gasteiger partial charge is 0.474 e. The highest BCUT2D eigenvalue weighted by molar-refractivity contribution is 14.0. The average Bonchev–Trinajstić information content (AvgIpc) is 2.96. The van der Waals surface area contributed by atoms with Gasteiger partial charge in [-0.15, -0.1) is 24.0 Å². The molecule has 8 heteroatoms. The molecular weight excluding hydrogens is 491 g/mol. The molecular formula is C22H35IN6O. The third kappa shape index (κ3) is 6.58. The molecule has 0 saturated heterocycles. The second-order valence-corrected chi connectivity index (χ2v) is 8.05. The van der Waals surface area contributed by atoms with Gasteiger partial charge >= 0.3 is 0 Å². The Labute approximate surface area is 197 Å². The van der Waals surface area contributed by atoms with Gasteiger partial charge in [-0.25, -0.2) is 4.98 Å². The van der Waals surface area contributed by atoms with E-state index in [9.17, 15) is 0 Å². The Morgan fingerprint density at radius 2 is 1.90 bits per heavy atom. The fraction of sp³-hybridized carbons (Fsp3) is 0.591. The fourth-order valence-corrected chi connectivity index (χ4v) is 3.79. The predicted octanol–water partition coefficient (Wildman–Crippen LogP) is 3.87. The minimum Gasteiger partial charge on any atom is -0.474 e. The number of aromatic nitrogens is 3. The van der Waals surface area contributed by atoms with Gasteiger partial charge in [0.1, 0.15) is 6.10 Å². The molecule has 30 heavy (non-hydrogen) atoms. The number of pyridine rings is 1. The van der Waals surface area contributed by atoms with Gasteiger partial charge < -0.3 is 15.4 Å². The molecule has 1 aliphatic carbocycles. The summed E-state index contributed by atoms with van der Waals surface area (Å²) in [6.45, 7) is 7.78. The van der Waals surface area contributed by atoms with Crippen LogP contribution in [0.4, 0.5) is 0 Å². The van der Waals surface area contributed by atoms with Gasteiger partial charge in [0, 0.05) is 50.7 Å². The standard InChI is InChI=1S/C22H34N6O.HI/c1-15-6-8-19(9-7-15)29-21-12-18(10-11-24-21)13-25-22(23-4)26-14-20-16(2)27-28(5)17(20)3;/h10-12,15,19H,6-9,13-14H2,1-5H3,(H2,23,25,26);1H. The summed E-state index contributed by atoms with van der Waals surface area (Å²) in [6.07, 6.45) is 6.83. The smallest absolute Gasteiger partial charge is 0.213 e. The van der Waals surface area contributed by atoms with Crippen LogP contribution in [0.25, 0.3) is 0 Å². The number of hydrogen-bond acceptors (Lipinski definition) is 4. The molecule has 0 unspecified atom stereocenters. The minimum absolute atomic E-state index is 0. The number of guanidine groups is 1. The zero-order chi connectivity index (χ0) is 20.8. The molecule has 1 saturated carbocycles. The Morgan fingerprint density at radius 1 is 1.20 bits per heavy atom. The summed E-state index contributed by atoms with van der Waals surface area (Å²) in [5.41, 5.74) is 4.53. The molecule has 2 aromatic heterocycles. The molecule has 2 aromatic rings. The molecule has 2 heterocycles. The van der Waals surface area contributed by atoms with Crippen LogP contribution in [-0.4, -0.2) is 33.9 Å². The molecule has 1 aliphatic rings. The maximum absolute atomic E-state index is 6.12. The van der Waals surface area contributed by atoms with Crippen LogP contribution in [-0.2, 0) is 20.1 Å². The van der Waals surface area contributed by atoms with E-state index in [1.54, 1.807) is 7.05 Å². The van der Waals surface area contributed by atoms with Crippen molar-refractivity contribution in [2.24, 2.45) is 18.0 Å². The first-order chi connectivity index (χ1) is 14.0. The van der Waals surface area contributed by atoms with Crippen molar-refractivity contribution in [2.75, 3.05) is 7.05 Å². The minimum atomic E-state index is 0. The molecule has 0 aliphatic heterocycles. The van der Waals surface area contributed by atoms with Gasteiger partial charge in [-0.2, -0.15) is 5.10 Å². The van der Waals surface area contributed by atoms with Crippen molar-refractivity contribution in [3.63, 3.8) is 0 Å². The molecule has 0 atom stereocenters. The van der Waals surface area contributed by atoms with Crippen molar-refractivity contribution in [3.8, 4) is 5.88 Å². The van der Waals surface area contributed by atoms with E-state index in [1.165, 1.54) is 24.1 Å². The van der Waals surface area contributed by atoms with E-state index in [0.717, 1.165) is 36.0 Å². The summed E-state index contributed by atoms with van der Waals surface area (Å²) in [5.74, 6) is 2.29. The lowest BCUT2D eigenvalue weighted by Crippen LogP contribution is -2.36. The monoisotopic (exact) mass is 526 g/mol. The van der Waals surface area contributed by atoms with E-state index in [2.05, 4.69) is 39.6 Å². The zero-order valence-electron chi connectivity index (χ0n) is 18.7. The number of ether oxygens (including phenoxy) is 1. The first kappa shape index (κ1) is 24.4. The van der Waals surface area contributed by atoms with Gasteiger partial charge in [0.25, 0.3) is 0 Å². The Balaban J connectivity index is 0.00000320. The van der Waals surface area contributed by atoms with Crippen molar-refractivity contribution in [3.05, 3.63) is 40.8 Å². The molecule has 0 radical (unpaired) electrons. The highest BCUT2D eigenvalue weighted by Crippen LogP contribution is 2.26. The van der Waals surface area contributed by atoms with Crippen LogP contribution < -0.4 is 15.4 Å². The van der Waals surface area contributed by atoms with Crippen LogP contribution in [0.2, 0.25) is 0 Å².